The Morgan fingerprint density at radius 2 is 2.10 bits per heavy atom. The molecule has 0 unspecified atom stereocenters. The van der Waals surface area contributed by atoms with E-state index < -0.39 is 0 Å². The fraction of sp³-hybridized carbons (Fsp3) is 0.357. The van der Waals surface area contributed by atoms with Crippen molar-refractivity contribution in [1.29, 1.82) is 0 Å². The van der Waals surface area contributed by atoms with E-state index in [0.717, 1.165) is 39.6 Å². The predicted molar refractivity (Wildman–Crippen MR) is 84.9 cm³/mol. The molecular formula is C14H17N5OS. The summed E-state index contributed by atoms with van der Waals surface area (Å²) in [7, 11) is 0. The summed E-state index contributed by atoms with van der Waals surface area (Å²) in [5.41, 5.74) is 1.98. The number of hydrogen-bond acceptors (Lipinski definition) is 7. The van der Waals surface area contributed by atoms with Crippen LogP contribution in [-0.4, -0.2) is 21.7 Å². The average Bonchev–Trinajstić information content (AvgIpc) is 3.05. The van der Waals surface area contributed by atoms with Gasteiger partial charge in [-0.2, -0.15) is 4.98 Å². The molecular weight excluding hydrogens is 286 g/mol. The van der Waals surface area contributed by atoms with Gasteiger partial charge in [-0.1, -0.05) is 5.16 Å². The Balaban J connectivity index is 1.90. The second-order valence-electron chi connectivity index (χ2n) is 4.72. The summed E-state index contributed by atoms with van der Waals surface area (Å²) in [6.45, 7) is 7.31. The Kier molecular flexibility index (Phi) is 3.74. The lowest BCUT2D eigenvalue weighted by Crippen LogP contribution is -2.07. The van der Waals surface area contributed by atoms with Crippen molar-refractivity contribution in [2.24, 2.45) is 0 Å². The number of nitrogens with zero attached hydrogens (tertiary/aromatic N) is 3. The highest BCUT2D eigenvalue weighted by atomic mass is 32.1. The van der Waals surface area contributed by atoms with E-state index in [2.05, 4.69) is 25.8 Å². The molecule has 3 rings (SSSR count). The normalized spacial score (nSPS) is 11.0. The van der Waals surface area contributed by atoms with E-state index in [0.29, 0.717) is 12.5 Å². The van der Waals surface area contributed by atoms with Crippen LogP contribution in [0.5, 0.6) is 0 Å². The monoisotopic (exact) mass is 303 g/mol. The molecule has 0 saturated heterocycles. The van der Waals surface area contributed by atoms with Crippen LogP contribution in [0.15, 0.2) is 16.0 Å². The number of aryl methyl sites for hydroxylation is 2. The van der Waals surface area contributed by atoms with Gasteiger partial charge in [0, 0.05) is 18.7 Å². The molecule has 6 nitrogen and oxygen atoms in total. The molecule has 0 aliphatic rings. The van der Waals surface area contributed by atoms with Crippen LogP contribution >= 0.6 is 11.3 Å². The number of nitrogens with one attached hydrogen (secondary N) is 2. The molecule has 0 radical (unpaired) electrons. The summed E-state index contributed by atoms with van der Waals surface area (Å²) in [5.74, 6) is 2.31. The molecule has 3 heterocycles. The number of rotatable bonds is 5. The summed E-state index contributed by atoms with van der Waals surface area (Å²) in [6.07, 6.45) is 0. The first kappa shape index (κ1) is 13.8. The minimum Gasteiger partial charge on any atom is -0.365 e. The van der Waals surface area contributed by atoms with Gasteiger partial charge >= 0.3 is 0 Å². The SMILES string of the molecule is CCNc1nc(NCc2c(C)noc2C)c2ccsc2n1. The molecule has 0 bridgehead atoms. The summed E-state index contributed by atoms with van der Waals surface area (Å²) >= 11 is 1.61. The maximum atomic E-state index is 5.19. The third-order valence-corrected chi connectivity index (χ3v) is 4.08. The van der Waals surface area contributed by atoms with Crippen LogP contribution in [0, 0.1) is 13.8 Å². The number of anilines is 2. The largest absolute Gasteiger partial charge is 0.365 e. The van der Waals surface area contributed by atoms with Gasteiger partial charge in [0.15, 0.2) is 0 Å². The van der Waals surface area contributed by atoms with Gasteiger partial charge < -0.3 is 15.2 Å². The fourth-order valence-electron chi connectivity index (χ4n) is 2.15. The Hall–Kier alpha value is -2.15. The van der Waals surface area contributed by atoms with Gasteiger partial charge in [0.05, 0.1) is 11.1 Å². The third-order valence-electron chi connectivity index (χ3n) is 3.27. The molecule has 0 aromatic carbocycles. The van der Waals surface area contributed by atoms with Crippen molar-refractivity contribution in [3.8, 4) is 0 Å². The number of aromatic nitrogens is 3. The molecule has 0 fully saturated rings. The zero-order chi connectivity index (χ0) is 14.8. The average molecular weight is 303 g/mol. The van der Waals surface area contributed by atoms with Gasteiger partial charge in [-0.15, -0.1) is 11.3 Å². The molecule has 0 amide bonds. The summed E-state index contributed by atoms with van der Waals surface area (Å²) < 4.78 is 5.19. The predicted octanol–water partition coefficient (Wildman–Crippen LogP) is 3.34. The van der Waals surface area contributed by atoms with E-state index in [4.69, 9.17) is 4.52 Å². The lowest BCUT2D eigenvalue weighted by Gasteiger charge is -2.09. The first-order valence-electron chi connectivity index (χ1n) is 6.83. The number of thiophene rings is 1. The first-order valence-corrected chi connectivity index (χ1v) is 7.71. The zero-order valence-electron chi connectivity index (χ0n) is 12.2. The molecule has 0 spiro atoms. The topological polar surface area (TPSA) is 75.9 Å². The summed E-state index contributed by atoms with van der Waals surface area (Å²) in [4.78, 5) is 10.0. The van der Waals surface area contributed by atoms with Crippen molar-refractivity contribution in [2.75, 3.05) is 17.2 Å². The van der Waals surface area contributed by atoms with Gasteiger partial charge in [-0.05, 0) is 32.2 Å². The van der Waals surface area contributed by atoms with Crippen molar-refractivity contribution >= 4 is 33.3 Å². The second kappa shape index (κ2) is 5.69. The molecule has 7 heteroatoms. The van der Waals surface area contributed by atoms with Crippen LogP contribution in [0.25, 0.3) is 10.2 Å². The molecule has 0 aliphatic carbocycles. The van der Waals surface area contributed by atoms with E-state index in [1.807, 2.05) is 32.2 Å². The van der Waals surface area contributed by atoms with Crippen LogP contribution in [-0.2, 0) is 6.54 Å². The maximum Gasteiger partial charge on any atom is 0.226 e. The van der Waals surface area contributed by atoms with E-state index in [1.54, 1.807) is 11.3 Å². The summed E-state index contributed by atoms with van der Waals surface area (Å²) in [5, 5.41) is 13.6. The molecule has 2 N–H and O–H groups in total. The molecule has 3 aromatic rings. The van der Waals surface area contributed by atoms with Crippen molar-refractivity contribution in [3.05, 3.63) is 28.5 Å². The summed E-state index contributed by atoms with van der Waals surface area (Å²) in [6, 6.07) is 2.03. The Labute approximate surface area is 126 Å². The molecule has 21 heavy (non-hydrogen) atoms. The van der Waals surface area contributed by atoms with Gasteiger partial charge in [-0.3, -0.25) is 0 Å². The van der Waals surface area contributed by atoms with Crippen molar-refractivity contribution in [2.45, 2.75) is 27.3 Å². The van der Waals surface area contributed by atoms with Crippen molar-refractivity contribution in [1.82, 2.24) is 15.1 Å². The number of hydrogen-bond donors (Lipinski definition) is 2. The smallest absolute Gasteiger partial charge is 0.226 e. The van der Waals surface area contributed by atoms with Gasteiger partial charge in [-0.25, -0.2) is 4.98 Å². The standard InChI is InChI=1S/C14H17N5OS/c1-4-15-14-17-12(10-5-6-21-13(10)18-14)16-7-11-8(2)19-20-9(11)3/h5-6H,4,7H2,1-3H3,(H2,15,16,17,18). The van der Waals surface area contributed by atoms with Gasteiger partial charge in [0.2, 0.25) is 5.95 Å². The van der Waals surface area contributed by atoms with Crippen LogP contribution < -0.4 is 10.6 Å². The Morgan fingerprint density at radius 1 is 1.24 bits per heavy atom. The highest BCUT2D eigenvalue weighted by molar-refractivity contribution is 7.16. The maximum absolute atomic E-state index is 5.19. The molecule has 0 saturated carbocycles. The van der Waals surface area contributed by atoms with E-state index >= 15 is 0 Å². The van der Waals surface area contributed by atoms with Gasteiger partial charge in [0.25, 0.3) is 0 Å². The third kappa shape index (κ3) is 2.69. The van der Waals surface area contributed by atoms with Crippen molar-refractivity contribution < 1.29 is 4.52 Å². The van der Waals surface area contributed by atoms with Crippen molar-refractivity contribution in [3.63, 3.8) is 0 Å². The molecule has 0 aliphatic heterocycles. The van der Waals surface area contributed by atoms with E-state index in [9.17, 15) is 0 Å². The quantitative estimate of drug-likeness (QED) is 0.753. The van der Waals surface area contributed by atoms with Gasteiger partial charge in [0.1, 0.15) is 16.4 Å². The van der Waals surface area contributed by atoms with E-state index in [-0.39, 0.29) is 0 Å². The second-order valence-corrected chi connectivity index (χ2v) is 5.62. The molecule has 3 aromatic heterocycles. The highest BCUT2D eigenvalue weighted by Gasteiger charge is 2.12. The van der Waals surface area contributed by atoms with Crippen LogP contribution in [0.1, 0.15) is 23.9 Å². The van der Waals surface area contributed by atoms with E-state index in [1.165, 1.54) is 0 Å². The fourth-order valence-corrected chi connectivity index (χ4v) is 2.92. The minimum absolute atomic E-state index is 0.634. The van der Waals surface area contributed by atoms with Crippen LogP contribution in [0.4, 0.5) is 11.8 Å². The lowest BCUT2D eigenvalue weighted by molar-refractivity contribution is 0.392. The Morgan fingerprint density at radius 3 is 2.81 bits per heavy atom. The Bertz CT molecular complexity index is 744. The zero-order valence-corrected chi connectivity index (χ0v) is 13.0. The molecule has 110 valence electrons. The minimum atomic E-state index is 0.634. The first-order chi connectivity index (χ1) is 10.2. The van der Waals surface area contributed by atoms with Crippen LogP contribution in [0.3, 0.4) is 0 Å². The highest BCUT2D eigenvalue weighted by Crippen LogP contribution is 2.27. The number of fused-ring (bicyclic) bond motifs is 1. The molecule has 0 atom stereocenters. The van der Waals surface area contributed by atoms with Crippen LogP contribution in [0.2, 0.25) is 0 Å². The lowest BCUT2D eigenvalue weighted by atomic mass is 10.2.